The summed E-state index contributed by atoms with van der Waals surface area (Å²) in [6.45, 7) is 5.82. The Morgan fingerprint density at radius 2 is 2.33 bits per heavy atom. The molecule has 2 rings (SSSR count). The van der Waals surface area contributed by atoms with Crippen molar-refractivity contribution in [2.24, 2.45) is 0 Å². The lowest BCUT2D eigenvalue weighted by Gasteiger charge is -2.34. The van der Waals surface area contributed by atoms with Gasteiger partial charge in [-0.1, -0.05) is 13.3 Å². The molecule has 0 unspecified atom stereocenters. The second-order valence-corrected chi connectivity index (χ2v) is 4.73. The molecule has 4 heteroatoms. The minimum atomic E-state index is -0.0585. The lowest BCUT2D eigenvalue weighted by Crippen LogP contribution is -2.43. The first-order chi connectivity index (χ1) is 8.72. The SMILES string of the molecule is CCCCC(=O)N1CCOC[C@H]1c1ccc(C)o1. The molecule has 100 valence electrons. The van der Waals surface area contributed by atoms with Gasteiger partial charge < -0.3 is 14.1 Å². The fourth-order valence-electron chi connectivity index (χ4n) is 2.24. The van der Waals surface area contributed by atoms with Gasteiger partial charge in [0.05, 0.1) is 13.2 Å². The average molecular weight is 251 g/mol. The number of hydrogen-bond acceptors (Lipinski definition) is 3. The van der Waals surface area contributed by atoms with Crippen LogP contribution in [0.3, 0.4) is 0 Å². The van der Waals surface area contributed by atoms with E-state index in [0.29, 0.717) is 26.2 Å². The highest BCUT2D eigenvalue weighted by atomic mass is 16.5. The summed E-state index contributed by atoms with van der Waals surface area (Å²) in [5, 5.41) is 0. The number of ether oxygens (including phenoxy) is 1. The summed E-state index contributed by atoms with van der Waals surface area (Å²) in [4.78, 5) is 14.1. The molecule has 1 aromatic heterocycles. The van der Waals surface area contributed by atoms with Crippen molar-refractivity contribution in [2.45, 2.75) is 39.2 Å². The van der Waals surface area contributed by atoms with Crippen LogP contribution in [0.25, 0.3) is 0 Å². The Kier molecular flexibility index (Phi) is 4.42. The van der Waals surface area contributed by atoms with Gasteiger partial charge in [0, 0.05) is 13.0 Å². The summed E-state index contributed by atoms with van der Waals surface area (Å²) < 4.78 is 11.1. The van der Waals surface area contributed by atoms with E-state index in [-0.39, 0.29) is 11.9 Å². The maximum absolute atomic E-state index is 12.2. The van der Waals surface area contributed by atoms with Crippen molar-refractivity contribution in [1.29, 1.82) is 0 Å². The van der Waals surface area contributed by atoms with E-state index in [1.54, 1.807) is 0 Å². The maximum Gasteiger partial charge on any atom is 0.223 e. The van der Waals surface area contributed by atoms with Crippen LogP contribution in [0.1, 0.15) is 43.7 Å². The van der Waals surface area contributed by atoms with Crippen LogP contribution in [-0.4, -0.2) is 30.6 Å². The van der Waals surface area contributed by atoms with Gasteiger partial charge in [0.15, 0.2) is 0 Å². The first-order valence-electron chi connectivity index (χ1n) is 6.66. The number of rotatable bonds is 4. The van der Waals surface area contributed by atoms with Crippen molar-refractivity contribution in [3.8, 4) is 0 Å². The average Bonchev–Trinajstić information content (AvgIpc) is 2.82. The molecule has 18 heavy (non-hydrogen) atoms. The fraction of sp³-hybridized carbons (Fsp3) is 0.643. The molecular weight excluding hydrogens is 230 g/mol. The Bertz CT molecular complexity index is 399. The van der Waals surface area contributed by atoms with Gasteiger partial charge in [0.25, 0.3) is 0 Å². The van der Waals surface area contributed by atoms with Gasteiger partial charge in [-0.15, -0.1) is 0 Å². The number of aryl methyl sites for hydroxylation is 1. The summed E-state index contributed by atoms with van der Waals surface area (Å²) in [7, 11) is 0. The molecule has 0 N–H and O–H groups in total. The lowest BCUT2D eigenvalue weighted by atomic mass is 10.1. The van der Waals surface area contributed by atoms with Crippen LogP contribution in [0.5, 0.6) is 0 Å². The molecule has 4 nitrogen and oxygen atoms in total. The van der Waals surface area contributed by atoms with Crippen molar-refractivity contribution in [2.75, 3.05) is 19.8 Å². The third-order valence-electron chi connectivity index (χ3n) is 3.28. The van der Waals surface area contributed by atoms with Crippen molar-refractivity contribution in [3.63, 3.8) is 0 Å². The fourth-order valence-corrected chi connectivity index (χ4v) is 2.24. The molecule has 0 spiro atoms. The number of unbranched alkanes of at least 4 members (excludes halogenated alkanes) is 1. The number of hydrogen-bond donors (Lipinski definition) is 0. The normalized spacial score (nSPS) is 20.1. The number of morpholine rings is 1. The van der Waals surface area contributed by atoms with Crippen LogP contribution in [0.2, 0.25) is 0 Å². The molecule has 1 saturated heterocycles. The highest BCUT2D eigenvalue weighted by Gasteiger charge is 2.30. The number of carbonyl (C=O) groups is 1. The van der Waals surface area contributed by atoms with E-state index < -0.39 is 0 Å². The van der Waals surface area contributed by atoms with Crippen LogP contribution in [0.4, 0.5) is 0 Å². The van der Waals surface area contributed by atoms with Gasteiger partial charge in [-0.3, -0.25) is 4.79 Å². The predicted octanol–water partition coefficient (Wildman–Crippen LogP) is 2.68. The highest BCUT2D eigenvalue weighted by Crippen LogP contribution is 2.26. The smallest absolute Gasteiger partial charge is 0.223 e. The first-order valence-corrected chi connectivity index (χ1v) is 6.66. The van der Waals surface area contributed by atoms with Crippen molar-refractivity contribution >= 4 is 5.91 Å². The number of nitrogens with zero attached hydrogens (tertiary/aromatic N) is 1. The van der Waals surface area contributed by atoms with E-state index in [1.807, 2.05) is 24.0 Å². The predicted molar refractivity (Wildman–Crippen MR) is 68.2 cm³/mol. The van der Waals surface area contributed by atoms with Gasteiger partial charge in [-0.2, -0.15) is 0 Å². The van der Waals surface area contributed by atoms with Gasteiger partial charge >= 0.3 is 0 Å². The highest BCUT2D eigenvalue weighted by molar-refractivity contribution is 5.76. The molecule has 0 bridgehead atoms. The molecule has 0 aromatic carbocycles. The summed E-state index contributed by atoms with van der Waals surface area (Å²) in [5.74, 6) is 1.91. The second-order valence-electron chi connectivity index (χ2n) is 4.73. The zero-order valence-corrected chi connectivity index (χ0v) is 11.1. The number of amides is 1. The van der Waals surface area contributed by atoms with E-state index >= 15 is 0 Å². The molecule has 0 aliphatic carbocycles. The third kappa shape index (κ3) is 2.93. The Morgan fingerprint density at radius 1 is 1.50 bits per heavy atom. The maximum atomic E-state index is 12.2. The molecule has 0 saturated carbocycles. The van der Waals surface area contributed by atoms with Crippen LogP contribution in [0, 0.1) is 6.92 Å². The zero-order valence-electron chi connectivity index (χ0n) is 11.1. The Balaban J connectivity index is 2.08. The standard InChI is InChI=1S/C14H21NO3/c1-3-4-5-14(16)15-8-9-17-10-12(15)13-7-6-11(2)18-13/h6-7,12H,3-5,8-10H2,1-2H3/t12-/m0/s1. The molecule has 2 heterocycles. The molecule has 1 fully saturated rings. The molecule has 1 aliphatic rings. The third-order valence-corrected chi connectivity index (χ3v) is 3.28. The second kappa shape index (κ2) is 6.05. The van der Waals surface area contributed by atoms with Crippen LogP contribution >= 0.6 is 0 Å². The summed E-state index contributed by atoms with van der Waals surface area (Å²) >= 11 is 0. The zero-order chi connectivity index (χ0) is 13.0. The number of furan rings is 1. The topological polar surface area (TPSA) is 42.7 Å². The molecule has 1 amide bonds. The van der Waals surface area contributed by atoms with Crippen LogP contribution in [0.15, 0.2) is 16.5 Å². The molecule has 1 aromatic rings. The minimum absolute atomic E-state index is 0.0585. The van der Waals surface area contributed by atoms with Crippen molar-refractivity contribution < 1.29 is 13.9 Å². The van der Waals surface area contributed by atoms with Gasteiger partial charge in [-0.05, 0) is 25.5 Å². The van der Waals surface area contributed by atoms with Gasteiger partial charge in [0.1, 0.15) is 17.6 Å². The minimum Gasteiger partial charge on any atom is -0.464 e. The molecule has 0 radical (unpaired) electrons. The van der Waals surface area contributed by atoms with Gasteiger partial charge in [0.2, 0.25) is 5.91 Å². The van der Waals surface area contributed by atoms with E-state index in [0.717, 1.165) is 24.4 Å². The number of carbonyl (C=O) groups excluding carboxylic acids is 1. The largest absolute Gasteiger partial charge is 0.464 e. The first kappa shape index (κ1) is 13.1. The Labute approximate surface area is 108 Å². The molecule has 1 atom stereocenters. The van der Waals surface area contributed by atoms with E-state index in [9.17, 15) is 4.79 Å². The molecular formula is C14H21NO3. The van der Waals surface area contributed by atoms with E-state index in [2.05, 4.69) is 6.92 Å². The van der Waals surface area contributed by atoms with E-state index in [4.69, 9.17) is 9.15 Å². The van der Waals surface area contributed by atoms with Crippen LogP contribution < -0.4 is 0 Å². The summed E-state index contributed by atoms with van der Waals surface area (Å²) in [6, 6.07) is 3.81. The molecule has 1 aliphatic heterocycles. The summed E-state index contributed by atoms with van der Waals surface area (Å²) in [5.41, 5.74) is 0. The Morgan fingerprint density at radius 3 is 3.00 bits per heavy atom. The quantitative estimate of drug-likeness (QED) is 0.826. The van der Waals surface area contributed by atoms with E-state index in [1.165, 1.54) is 0 Å². The van der Waals surface area contributed by atoms with Crippen molar-refractivity contribution in [3.05, 3.63) is 23.7 Å². The Hall–Kier alpha value is -1.29. The lowest BCUT2D eigenvalue weighted by molar-refractivity contribution is -0.141. The van der Waals surface area contributed by atoms with Crippen LogP contribution in [-0.2, 0) is 9.53 Å². The summed E-state index contributed by atoms with van der Waals surface area (Å²) in [6.07, 6.45) is 2.60. The van der Waals surface area contributed by atoms with Gasteiger partial charge in [-0.25, -0.2) is 0 Å². The monoisotopic (exact) mass is 251 g/mol. The van der Waals surface area contributed by atoms with Crippen molar-refractivity contribution in [1.82, 2.24) is 4.90 Å².